The second-order valence-electron chi connectivity index (χ2n) is 3.04. The van der Waals surface area contributed by atoms with Crippen molar-refractivity contribution in [2.24, 2.45) is 5.73 Å². The van der Waals surface area contributed by atoms with E-state index in [1.165, 1.54) is 0 Å². The first-order chi connectivity index (χ1) is 7.50. The minimum absolute atomic E-state index is 0.0244. The average Bonchev–Trinajstić information content (AvgIpc) is 2.60. The van der Waals surface area contributed by atoms with E-state index in [0.29, 0.717) is 0 Å². The van der Waals surface area contributed by atoms with E-state index in [0.717, 1.165) is 10.9 Å². The molecule has 9 heteroatoms. The van der Waals surface area contributed by atoms with Gasteiger partial charge in [-0.2, -0.15) is 0 Å². The van der Waals surface area contributed by atoms with Crippen molar-refractivity contribution in [3.05, 3.63) is 27.2 Å². The summed E-state index contributed by atoms with van der Waals surface area (Å²) in [6, 6.07) is 0. The van der Waals surface area contributed by atoms with E-state index in [4.69, 9.17) is 10.8 Å². The lowest BCUT2D eigenvalue weighted by Gasteiger charge is -2.07. The van der Waals surface area contributed by atoms with E-state index in [1.54, 1.807) is 0 Å². The first kappa shape index (κ1) is 10.1. The van der Waals surface area contributed by atoms with Gasteiger partial charge in [0, 0.05) is 0 Å². The zero-order valence-corrected chi connectivity index (χ0v) is 7.80. The van der Waals surface area contributed by atoms with Crippen LogP contribution in [0.2, 0.25) is 0 Å². The third-order valence-electron chi connectivity index (χ3n) is 2.02. The van der Waals surface area contributed by atoms with Gasteiger partial charge in [-0.05, 0) is 0 Å². The molecule has 2 rings (SSSR count). The van der Waals surface area contributed by atoms with Crippen LogP contribution in [0.25, 0.3) is 11.2 Å². The minimum atomic E-state index is -1.41. The van der Waals surface area contributed by atoms with Crippen LogP contribution in [-0.2, 0) is 4.79 Å². The van der Waals surface area contributed by atoms with E-state index < -0.39 is 23.4 Å². The number of nitrogens with two attached hydrogens (primary N) is 1. The number of hydrogen-bond acceptors (Lipinski definition) is 5. The summed E-state index contributed by atoms with van der Waals surface area (Å²) in [5.74, 6) is -1.31. The van der Waals surface area contributed by atoms with Gasteiger partial charge in [-0.25, -0.2) is 14.6 Å². The molecule has 0 spiro atoms. The topological polar surface area (TPSA) is 147 Å². The number of carboxylic acids is 1. The summed E-state index contributed by atoms with van der Waals surface area (Å²) in [4.78, 5) is 40.8. The fourth-order valence-corrected chi connectivity index (χ4v) is 1.28. The zero-order valence-electron chi connectivity index (χ0n) is 7.80. The lowest BCUT2D eigenvalue weighted by Crippen LogP contribution is -2.29. The lowest BCUT2D eigenvalue weighted by atomic mass is 10.5. The molecule has 0 amide bonds. The number of carbonyl (C=O) groups is 1. The highest BCUT2D eigenvalue weighted by atomic mass is 16.4. The Kier molecular flexibility index (Phi) is 2.09. The summed E-state index contributed by atoms with van der Waals surface area (Å²) in [6.07, 6.45) is -0.336. The van der Waals surface area contributed by atoms with Crippen molar-refractivity contribution in [1.29, 1.82) is 0 Å². The van der Waals surface area contributed by atoms with Crippen molar-refractivity contribution in [1.82, 2.24) is 19.5 Å². The molecular weight excluding hydrogens is 218 g/mol. The normalized spacial score (nSPS) is 12.8. The molecule has 2 heterocycles. The van der Waals surface area contributed by atoms with Gasteiger partial charge in [0.2, 0.25) is 0 Å². The Bertz CT molecular complexity index is 665. The molecule has 1 atom stereocenters. The number of hydrogen-bond donors (Lipinski definition) is 4. The molecule has 5 N–H and O–H groups in total. The molecule has 0 aliphatic carbocycles. The fraction of sp³-hybridized carbons (Fsp3) is 0.143. The highest BCUT2D eigenvalue weighted by Gasteiger charge is 2.18. The molecular formula is C7H7N5O4. The van der Waals surface area contributed by atoms with E-state index in [2.05, 4.69) is 9.97 Å². The average molecular weight is 225 g/mol. The molecule has 0 saturated carbocycles. The molecule has 9 nitrogen and oxygen atoms in total. The number of H-pyrrole nitrogens is 2. The standard InChI is InChI=1S/C7H7N5O4/c8-3(6(14)15)12-1-9-2-4(12)10-7(16)11-5(2)13/h1,3H,8H2,(H,14,15)(H2,10,11,13,16). The summed E-state index contributed by atoms with van der Waals surface area (Å²) < 4.78 is 0.994. The number of nitrogens with one attached hydrogen (secondary N) is 2. The van der Waals surface area contributed by atoms with Crippen LogP contribution in [-0.4, -0.2) is 30.6 Å². The summed E-state index contributed by atoms with van der Waals surface area (Å²) in [5.41, 5.74) is 3.79. The first-order valence-corrected chi connectivity index (χ1v) is 4.18. The molecule has 1 unspecified atom stereocenters. The van der Waals surface area contributed by atoms with Gasteiger partial charge >= 0.3 is 11.7 Å². The summed E-state index contributed by atoms with van der Waals surface area (Å²) >= 11 is 0. The van der Waals surface area contributed by atoms with Gasteiger partial charge in [-0.1, -0.05) is 0 Å². The van der Waals surface area contributed by atoms with Crippen LogP contribution in [0, 0.1) is 0 Å². The Labute approximate surface area is 86.5 Å². The zero-order chi connectivity index (χ0) is 11.9. The van der Waals surface area contributed by atoms with Crippen LogP contribution in [0.3, 0.4) is 0 Å². The van der Waals surface area contributed by atoms with Gasteiger partial charge < -0.3 is 10.8 Å². The number of nitrogens with zero attached hydrogens (tertiary/aromatic N) is 2. The molecule has 2 aromatic heterocycles. The van der Waals surface area contributed by atoms with Gasteiger partial charge in [0.15, 0.2) is 11.7 Å². The molecule has 0 aliphatic heterocycles. The van der Waals surface area contributed by atoms with Crippen LogP contribution in [0.1, 0.15) is 6.17 Å². The molecule has 2 aromatic rings. The third-order valence-corrected chi connectivity index (χ3v) is 2.02. The highest BCUT2D eigenvalue weighted by molar-refractivity contribution is 5.75. The number of aliphatic carboxylic acids is 1. The minimum Gasteiger partial charge on any atom is -0.479 e. The maximum atomic E-state index is 11.3. The van der Waals surface area contributed by atoms with Gasteiger partial charge in [-0.3, -0.25) is 19.3 Å². The monoisotopic (exact) mass is 225 g/mol. The first-order valence-electron chi connectivity index (χ1n) is 4.18. The second-order valence-corrected chi connectivity index (χ2v) is 3.04. The van der Waals surface area contributed by atoms with Crippen LogP contribution in [0.5, 0.6) is 0 Å². The largest absolute Gasteiger partial charge is 0.479 e. The molecule has 0 saturated heterocycles. The Morgan fingerprint density at radius 3 is 2.81 bits per heavy atom. The maximum absolute atomic E-state index is 11.3. The Morgan fingerprint density at radius 2 is 2.19 bits per heavy atom. The van der Waals surface area contributed by atoms with Gasteiger partial charge in [0.25, 0.3) is 5.56 Å². The molecule has 0 fully saturated rings. The van der Waals surface area contributed by atoms with Crippen LogP contribution in [0.15, 0.2) is 15.9 Å². The fourth-order valence-electron chi connectivity index (χ4n) is 1.28. The van der Waals surface area contributed by atoms with Gasteiger partial charge in [-0.15, -0.1) is 0 Å². The molecule has 0 radical (unpaired) electrons. The van der Waals surface area contributed by atoms with E-state index in [1.807, 2.05) is 4.98 Å². The third kappa shape index (κ3) is 1.39. The molecule has 0 aromatic carbocycles. The molecule has 0 aliphatic rings. The predicted molar refractivity (Wildman–Crippen MR) is 51.8 cm³/mol. The van der Waals surface area contributed by atoms with Crippen molar-refractivity contribution < 1.29 is 9.90 Å². The Hall–Kier alpha value is -2.42. The number of fused-ring (bicyclic) bond motifs is 1. The maximum Gasteiger partial charge on any atom is 0.341 e. The SMILES string of the molecule is NC(C(=O)O)n1cnc2c(=O)[nH]c(=O)[nH]c21. The number of rotatable bonds is 2. The number of imidazole rings is 1. The summed E-state index contributed by atoms with van der Waals surface area (Å²) in [6.45, 7) is 0. The number of aromatic amines is 2. The van der Waals surface area contributed by atoms with E-state index in [9.17, 15) is 14.4 Å². The quantitative estimate of drug-likeness (QED) is 0.462. The number of aromatic nitrogens is 4. The van der Waals surface area contributed by atoms with Crippen molar-refractivity contribution in [2.45, 2.75) is 6.17 Å². The van der Waals surface area contributed by atoms with Crippen molar-refractivity contribution in [3.8, 4) is 0 Å². The van der Waals surface area contributed by atoms with Gasteiger partial charge in [0.1, 0.15) is 5.65 Å². The second kappa shape index (κ2) is 3.31. The van der Waals surface area contributed by atoms with Crippen molar-refractivity contribution >= 4 is 17.1 Å². The van der Waals surface area contributed by atoms with Crippen molar-refractivity contribution in [3.63, 3.8) is 0 Å². The van der Waals surface area contributed by atoms with Gasteiger partial charge in [0.05, 0.1) is 6.33 Å². The van der Waals surface area contributed by atoms with Crippen LogP contribution >= 0.6 is 0 Å². The lowest BCUT2D eigenvalue weighted by molar-refractivity contribution is -0.140. The molecule has 0 bridgehead atoms. The van der Waals surface area contributed by atoms with Crippen LogP contribution < -0.4 is 17.0 Å². The van der Waals surface area contributed by atoms with Crippen molar-refractivity contribution in [2.75, 3.05) is 0 Å². The Morgan fingerprint density at radius 1 is 1.50 bits per heavy atom. The van der Waals surface area contributed by atoms with Crippen LogP contribution in [0.4, 0.5) is 0 Å². The molecule has 16 heavy (non-hydrogen) atoms. The van der Waals surface area contributed by atoms with E-state index in [-0.39, 0.29) is 11.2 Å². The summed E-state index contributed by atoms with van der Waals surface area (Å²) in [5, 5.41) is 8.70. The predicted octanol–water partition coefficient (Wildman–Crippen LogP) is -2.05. The Balaban J connectivity index is 2.79. The van der Waals surface area contributed by atoms with E-state index >= 15 is 0 Å². The summed E-state index contributed by atoms with van der Waals surface area (Å²) in [7, 11) is 0. The number of carboxylic acid groups (broad SMARTS) is 1. The highest BCUT2D eigenvalue weighted by Crippen LogP contribution is 2.07. The smallest absolute Gasteiger partial charge is 0.341 e. The molecule has 84 valence electrons.